The molecule has 1 aromatic carbocycles. The molecule has 0 bridgehead atoms. The molecule has 0 aliphatic rings. The van der Waals surface area contributed by atoms with Crippen molar-refractivity contribution in [3.8, 4) is 11.3 Å². The maximum Gasteiger partial charge on any atom is 0.172 e. The Bertz CT molecular complexity index is 529. The van der Waals surface area contributed by atoms with Crippen LogP contribution in [0, 0.1) is 13.8 Å². The Labute approximate surface area is 107 Å². The summed E-state index contributed by atoms with van der Waals surface area (Å²) in [5, 5.41) is 23.6. The summed E-state index contributed by atoms with van der Waals surface area (Å²) >= 11 is 0. The Kier molecular flexibility index (Phi) is 3.50. The van der Waals surface area contributed by atoms with Crippen molar-refractivity contribution < 1.29 is 10.2 Å². The second kappa shape index (κ2) is 4.92. The summed E-state index contributed by atoms with van der Waals surface area (Å²) in [4.78, 5) is 0. The van der Waals surface area contributed by atoms with E-state index in [1.54, 1.807) is 0 Å². The first-order valence-electron chi connectivity index (χ1n) is 5.98. The molecular weight excluding hydrogens is 228 g/mol. The first-order chi connectivity index (χ1) is 8.49. The summed E-state index contributed by atoms with van der Waals surface area (Å²) < 4.78 is 1.44. The lowest BCUT2D eigenvalue weighted by atomic mass is 10.1. The van der Waals surface area contributed by atoms with Crippen LogP contribution in [0.3, 0.4) is 0 Å². The van der Waals surface area contributed by atoms with Gasteiger partial charge in [-0.3, -0.25) is 0 Å². The first-order valence-corrected chi connectivity index (χ1v) is 5.98. The van der Waals surface area contributed by atoms with Crippen LogP contribution in [0.25, 0.3) is 11.3 Å². The molecule has 2 N–H and O–H groups in total. The van der Waals surface area contributed by atoms with Crippen LogP contribution >= 0.6 is 0 Å². The number of hydrogen-bond donors (Lipinski definition) is 2. The summed E-state index contributed by atoms with van der Waals surface area (Å²) in [6.07, 6.45) is -1.86. The summed E-state index contributed by atoms with van der Waals surface area (Å²) in [6, 6.07) is 9.94. The zero-order valence-electron chi connectivity index (χ0n) is 10.8. The lowest BCUT2D eigenvalue weighted by Gasteiger charge is -2.15. The van der Waals surface area contributed by atoms with Gasteiger partial charge in [-0.1, -0.05) is 29.8 Å². The number of rotatable bonds is 3. The maximum absolute atomic E-state index is 9.83. The van der Waals surface area contributed by atoms with Gasteiger partial charge < -0.3 is 10.2 Å². The predicted octanol–water partition coefficient (Wildman–Crippen LogP) is 2.04. The van der Waals surface area contributed by atoms with Crippen LogP contribution in [0.5, 0.6) is 0 Å². The van der Waals surface area contributed by atoms with Gasteiger partial charge in [0.2, 0.25) is 0 Å². The molecular formula is C14H18N2O2. The van der Waals surface area contributed by atoms with Gasteiger partial charge in [0.1, 0.15) is 0 Å². The van der Waals surface area contributed by atoms with Gasteiger partial charge in [0.25, 0.3) is 0 Å². The van der Waals surface area contributed by atoms with E-state index in [0.717, 1.165) is 17.0 Å². The van der Waals surface area contributed by atoms with Gasteiger partial charge in [0.15, 0.2) is 6.23 Å². The van der Waals surface area contributed by atoms with E-state index in [9.17, 15) is 10.2 Å². The van der Waals surface area contributed by atoms with Gasteiger partial charge in [0, 0.05) is 11.3 Å². The number of nitrogens with zero attached hydrogens (tertiary/aromatic N) is 2. The normalized spacial score (nSPS) is 14.5. The minimum Gasteiger partial charge on any atom is -0.389 e. The van der Waals surface area contributed by atoms with Gasteiger partial charge >= 0.3 is 0 Å². The van der Waals surface area contributed by atoms with Crippen LogP contribution in [0.15, 0.2) is 30.3 Å². The lowest BCUT2D eigenvalue weighted by Crippen LogP contribution is -2.22. The molecule has 0 saturated carbocycles. The molecule has 96 valence electrons. The topological polar surface area (TPSA) is 58.3 Å². The monoisotopic (exact) mass is 246 g/mol. The van der Waals surface area contributed by atoms with E-state index < -0.39 is 12.3 Å². The molecule has 18 heavy (non-hydrogen) atoms. The standard InChI is InChI=1S/C14H18N2O2/c1-9-4-6-12(7-5-9)13-8-10(2)16(15-13)14(18)11(3)17/h4-8,11,14,17-18H,1-3H3. The third-order valence-corrected chi connectivity index (χ3v) is 2.95. The molecule has 4 heteroatoms. The highest BCUT2D eigenvalue weighted by atomic mass is 16.3. The van der Waals surface area contributed by atoms with E-state index in [2.05, 4.69) is 5.10 Å². The summed E-state index contributed by atoms with van der Waals surface area (Å²) in [5.74, 6) is 0. The Hall–Kier alpha value is -1.65. The van der Waals surface area contributed by atoms with Gasteiger partial charge in [-0.15, -0.1) is 0 Å². The van der Waals surface area contributed by atoms with E-state index in [4.69, 9.17) is 0 Å². The molecule has 0 aliphatic heterocycles. The molecule has 2 unspecified atom stereocenters. The van der Waals surface area contributed by atoms with Crippen molar-refractivity contribution in [1.82, 2.24) is 9.78 Å². The first kappa shape index (κ1) is 12.8. The highest BCUT2D eigenvalue weighted by molar-refractivity contribution is 5.59. The number of hydrogen-bond acceptors (Lipinski definition) is 3. The quantitative estimate of drug-likeness (QED) is 0.871. The summed E-state index contributed by atoms with van der Waals surface area (Å²) in [6.45, 7) is 5.43. The zero-order chi connectivity index (χ0) is 13.3. The summed E-state index contributed by atoms with van der Waals surface area (Å²) in [7, 11) is 0. The summed E-state index contributed by atoms with van der Waals surface area (Å²) in [5.41, 5.74) is 3.81. The molecule has 2 aromatic rings. The van der Waals surface area contributed by atoms with Gasteiger partial charge in [-0.2, -0.15) is 5.10 Å². The van der Waals surface area contributed by atoms with Crippen molar-refractivity contribution in [3.63, 3.8) is 0 Å². The van der Waals surface area contributed by atoms with E-state index in [-0.39, 0.29) is 0 Å². The average Bonchev–Trinajstić information content (AvgIpc) is 2.71. The van der Waals surface area contributed by atoms with Crippen molar-refractivity contribution in [2.75, 3.05) is 0 Å². The van der Waals surface area contributed by atoms with Crippen molar-refractivity contribution >= 4 is 0 Å². The molecule has 0 spiro atoms. The minimum atomic E-state index is -1.01. The largest absolute Gasteiger partial charge is 0.389 e. The van der Waals surface area contributed by atoms with E-state index in [0.29, 0.717) is 0 Å². The van der Waals surface area contributed by atoms with Gasteiger partial charge in [-0.25, -0.2) is 4.68 Å². The molecule has 2 atom stereocenters. The average molecular weight is 246 g/mol. The fraction of sp³-hybridized carbons (Fsp3) is 0.357. The van der Waals surface area contributed by atoms with E-state index in [1.165, 1.54) is 17.2 Å². The molecule has 4 nitrogen and oxygen atoms in total. The molecule has 0 amide bonds. The Morgan fingerprint density at radius 2 is 1.72 bits per heavy atom. The molecule has 0 fully saturated rings. The second-order valence-corrected chi connectivity index (χ2v) is 4.64. The van der Waals surface area contributed by atoms with Crippen LogP contribution in [-0.4, -0.2) is 26.1 Å². The van der Waals surface area contributed by atoms with Crippen molar-refractivity contribution in [2.45, 2.75) is 33.1 Å². The number of aliphatic hydroxyl groups is 2. The number of benzene rings is 1. The van der Waals surface area contributed by atoms with Crippen LogP contribution in [-0.2, 0) is 0 Å². The lowest BCUT2D eigenvalue weighted by molar-refractivity contribution is -0.0268. The Morgan fingerprint density at radius 3 is 2.28 bits per heavy atom. The van der Waals surface area contributed by atoms with Crippen LogP contribution < -0.4 is 0 Å². The molecule has 2 rings (SSSR count). The number of aromatic nitrogens is 2. The highest BCUT2D eigenvalue weighted by Gasteiger charge is 2.17. The number of aliphatic hydroxyl groups excluding tert-OH is 2. The molecule has 0 radical (unpaired) electrons. The predicted molar refractivity (Wildman–Crippen MR) is 70.1 cm³/mol. The molecule has 1 heterocycles. The van der Waals surface area contributed by atoms with Crippen molar-refractivity contribution in [3.05, 3.63) is 41.6 Å². The van der Waals surface area contributed by atoms with Crippen molar-refractivity contribution in [2.24, 2.45) is 0 Å². The fourth-order valence-electron chi connectivity index (χ4n) is 1.83. The van der Waals surface area contributed by atoms with Crippen LogP contribution in [0.4, 0.5) is 0 Å². The molecule has 0 saturated heterocycles. The van der Waals surface area contributed by atoms with E-state index in [1.807, 2.05) is 44.2 Å². The van der Waals surface area contributed by atoms with Gasteiger partial charge in [0.05, 0.1) is 11.8 Å². The smallest absolute Gasteiger partial charge is 0.172 e. The SMILES string of the molecule is Cc1ccc(-c2cc(C)n(C(O)C(C)O)n2)cc1. The second-order valence-electron chi connectivity index (χ2n) is 4.64. The van der Waals surface area contributed by atoms with Crippen LogP contribution in [0.1, 0.15) is 24.4 Å². The molecule has 0 aliphatic carbocycles. The fourth-order valence-corrected chi connectivity index (χ4v) is 1.83. The van der Waals surface area contributed by atoms with Crippen molar-refractivity contribution in [1.29, 1.82) is 0 Å². The highest BCUT2D eigenvalue weighted by Crippen LogP contribution is 2.21. The zero-order valence-corrected chi connectivity index (χ0v) is 10.8. The van der Waals surface area contributed by atoms with Crippen LogP contribution in [0.2, 0.25) is 0 Å². The number of aryl methyl sites for hydroxylation is 2. The third-order valence-electron chi connectivity index (χ3n) is 2.95. The van der Waals surface area contributed by atoms with E-state index >= 15 is 0 Å². The Morgan fingerprint density at radius 1 is 1.11 bits per heavy atom. The molecule has 1 aromatic heterocycles. The third kappa shape index (κ3) is 2.44. The van der Waals surface area contributed by atoms with Gasteiger partial charge in [-0.05, 0) is 26.8 Å². The minimum absolute atomic E-state index is 0.798. The maximum atomic E-state index is 9.83. The Balaban J connectivity index is 2.37.